The van der Waals surface area contributed by atoms with Gasteiger partial charge in [0.25, 0.3) is 0 Å². The molecule has 1 atom stereocenters. The van der Waals surface area contributed by atoms with Gasteiger partial charge in [0.1, 0.15) is 13.2 Å². The first-order valence-corrected chi connectivity index (χ1v) is 22.7. The normalized spacial score (nSPS) is 12.1. The van der Waals surface area contributed by atoms with Crippen molar-refractivity contribution in [1.82, 2.24) is 0 Å². The zero-order valence-corrected chi connectivity index (χ0v) is 35.4. The summed E-state index contributed by atoms with van der Waals surface area (Å²) < 4.78 is 16.7. The fourth-order valence-electron chi connectivity index (χ4n) is 6.75. The lowest BCUT2D eigenvalue weighted by Gasteiger charge is -2.18. The minimum Gasteiger partial charge on any atom is -0.462 e. The first-order valence-electron chi connectivity index (χ1n) is 22.7. The fraction of sp³-hybridized carbons (Fsp3) is 0.935. The first kappa shape index (κ1) is 50.4. The summed E-state index contributed by atoms with van der Waals surface area (Å²) in [6.07, 6.45) is 36.6. The van der Waals surface area contributed by atoms with E-state index in [1.54, 1.807) is 0 Å². The summed E-state index contributed by atoms with van der Waals surface area (Å²) in [6.45, 7) is 11.3. The highest BCUT2D eigenvalue weighted by molar-refractivity contribution is 5.71. The quantitative estimate of drug-likeness (QED) is 0.0354. The molecule has 0 amide bonds. The molecule has 0 radical (unpaired) electrons. The highest BCUT2D eigenvalue weighted by Crippen LogP contribution is 2.16. The van der Waals surface area contributed by atoms with Gasteiger partial charge in [-0.25, -0.2) is 0 Å². The average molecular weight is 737 g/mol. The number of ether oxygens (including phenoxy) is 3. The SMILES string of the molecule is CCCCCCCCCCCCCCC(=O)OC[C@H](COC(=O)CCCCCCCCCCC(C)C)OC(=O)CCCCCCCCCCC(C)C. The third kappa shape index (κ3) is 39.6. The Labute approximate surface area is 323 Å². The van der Waals surface area contributed by atoms with Gasteiger partial charge >= 0.3 is 17.9 Å². The predicted octanol–water partition coefficient (Wildman–Crippen LogP) is 14.2. The largest absolute Gasteiger partial charge is 0.462 e. The van der Waals surface area contributed by atoms with Gasteiger partial charge < -0.3 is 14.2 Å². The molecular formula is C46H88O6. The first-order chi connectivity index (χ1) is 25.2. The number of hydrogen-bond donors (Lipinski definition) is 0. The van der Waals surface area contributed by atoms with E-state index < -0.39 is 6.10 Å². The lowest BCUT2D eigenvalue weighted by molar-refractivity contribution is -0.167. The van der Waals surface area contributed by atoms with Crippen LogP contribution < -0.4 is 0 Å². The van der Waals surface area contributed by atoms with Gasteiger partial charge in [-0.15, -0.1) is 0 Å². The summed E-state index contributed by atoms with van der Waals surface area (Å²) in [4.78, 5) is 37.7. The topological polar surface area (TPSA) is 78.9 Å². The lowest BCUT2D eigenvalue weighted by Crippen LogP contribution is -2.30. The molecule has 6 heteroatoms. The Morgan fingerprint density at radius 2 is 0.635 bits per heavy atom. The molecule has 0 aromatic carbocycles. The smallest absolute Gasteiger partial charge is 0.306 e. The van der Waals surface area contributed by atoms with Crippen molar-refractivity contribution in [3.05, 3.63) is 0 Å². The van der Waals surface area contributed by atoms with E-state index in [-0.39, 0.29) is 31.1 Å². The summed E-state index contributed by atoms with van der Waals surface area (Å²) in [6, 6.07) is 0. The van der Waals surface area contributed by atoms with Gasteiger partial charge in [0, 0.05) is 19.3 Å². The van der Waals surface area contributed by atoms with Crippen molar-refractivity contribution >= 4 is 17.9 Å². The maximum Gasteiger partial charge on any atom is 0.306 e. The van der Waals surface area contributed by atoms with Gasteiger partial charge in [0.2, 0.25) is 0 Å². The Morgan fingerprint density at radius 3 is 0.942 bits per heavy atom. The molecule has 0 aliphatic carbocycles. The highest BCUT2D eigenvalue weighted by Gasteiger charge is 2.19. The van der Waals surface area contributed by atoms with Gasteiger partial charge in [0.05, 0.1) is 0 Å². The van der Waals surface area contributed by atoms with Gasteiger partial charge in [-0.3, -0.25) is 14.4 Å². The van der Waals surface area contributed by atoms with E-state index >= 15 is 0 Å². The molecule has 308 valence electrons. The fourth-order valence-corrected chi connectivity index (χ4v) is 6.75. The van der Waals surface area contributed by atoms with Crippen LogP contribution in [0.2, 0.25) is 0 Å². The van der Waals surface area contributed by atoms with Crippen LogP contribution in [-0.4, -0.2) is 37.2 Å². The minimum atomic E-state index is -0.760. The van der Waals surface area contributed by atoms with E-state index in [4.69, 9.17) is 14.2 Å². The summed E-state index contributed by atoms with van der Waals surface area (Å²) >= 11 is 0. The van der Waals surface area contributed by atoms with E-state index in [0.29, 0.717) is 19.3 Å². The van der Waals surface area contributed by atoms with Crippen LogP contribution in [0.15, 0.2) is 0 Å². The number of hydrogen-bond acceptors (Lipinski definition) is 6. The van der Waals surface area contributed by atoms with E-state index in [1.807, 2.05) is 0 Å². The number of carbonyl (C=O) groups excluding carboxylic acids is 3. The molecule has 0 aliphatic rings. The molecule has 0 rings (SSSR count). The molecule has 0 fully saturated rings. The van der Waals surface area contributed by atoms with Crippen LogP contribution in [0.4, 0.5) is 0 Å². The van der Waals surface area contributed by atoms with Gasteiger partial charge in [-0.1, -0.05) is 208 Å². The molecule has 0 N–H and O–H groups in total. The lowest BCUT2D eigenvalue weighted by atomic mass is 10.0. The van der Waals surface area contributed by atoms with Crippen LogP contribution in [0.1, 0.15) is 247 Å². The molecule has 0 aliphatic heterocycles. The van der Waals surface area contributed by atoms with Gasteiger partial charge in [-0.05, 0) is 31.1 Å². The molecule has 0 saturated carbocycles. The maximum absolute atomic E-state index is 12.7. The van der Waals surface area contributed by atoms with Crippen molar-refractivity contribution in [3.8, 4) is 0 Å². The number of esters is 3. The Bertz CT molecular complexity index is 794. The standard InChI is InChI=1S/C46H88O6/c1-6-7-8-9-10-11-12-13-14-21-26-31-36-44(47)50-39-43(52-46(49)38-33-28-23-18-16-20-25-30-35-42(4)5)40-51-45(48)37-32-27-22-17-15-19-24-29-34-41(2)3/h41-43H,6-40H2,1-5H3/t43-/m1/s1. The molecule has 0 heterocycles. The summed E-state index contributed by atoms with van der Waals surface area (Å²) in [7, 11) is 0. The number of rotatable bonds is 40. The molecule has 0 spiro atoms. The average Bonchev–Trinajstić information content (AvgIpc) is 3.11. The van der Waals surface area contributed by atoms with Crippen molar-refractivity contribution in [3.63, 3.8) is 0 Å². The Morgan fingerprint density at radius 1 is 0.365 bits per heavy atom. The zero-order valence-electron chi connectivity index (χ0n) is 35.4. The third-order valence-corrected chi connectivity index (χ3v) is 10.2. The molecule has 0 saturated heterocycles. The van der Waals surface area contributed by atoms with Crippen molar-refractivity contribution in [2.45, 2.75) is 253 Å². The van der Waals surface area contributed by atoms with Crippen LogP contribution in [0, 0.1) is 11.8 Å². The second-order valence-electron chi connectivity index (χ2n) is 16.6. The molecule has 0 aromatic rings. The Balaban J connectivity index is 4.34. The van der Waals surface area contributed by atoms with Crippen LogP contribution >= 0.6 is 0 Å². The third-order valence-electron chi connectivity index (χ3n) is 10.2. The summed E-state index contributed by atoms with van der Waals surface area (Å²) in [5.74, 6) is 0.729. The van der Waals surface area contributed by atoms with Gasteiger partial charge in [-0.2, -0.15) is 0 Å². The molecule has 0 aromatic heterocycles. The van der Waals surface area contributed by atoms with Crippen LogP contribution in [0.25, 0.3) is 0 Å². The molecule has 52 heavy (non-hydrogen) atoms. The van der Waals surface area contributed by atoms with E-state index in [2.05, 4.69) is 34.6 Å². The molecule has 0 bridgehead atoms. The van der Waals surface area contributed by atoms with E-state index in [1.165, 1.54) is 135 Å². The number of carbonyl (C=O) groups is 3. The van der Waals surface area contributed by atoms with Crippen LogP contribution in [-0.2, 0) is 28.6 Å². The predicted molar refractivity (Wildman–Crippen MR) is 220 cm³/mol. The minimum absolute atomic E-state index is 0.0654. The summed E-state index contributed by atoms with van der Waals surface area (Å²) in [5.41, 5.74) is 0. The Kier molecular flexibility index (Phi) is 37.9. The van der Waals surface area contributed by atoms with Crippen molar-refractivity contribution < 1.29 is 28.6 Å². The van der Waals surface area contributed by atoms with Gasteiger partial charge in [0.15, 0.2) is 6.10 Å². The molecule has 6 nitrogen and oxygen atoms in total. The van der Waals surface area contributed by atoms with Crippen LogP contribution in [0.3, 0.4) is 0 Å². The summed E-state index contributed by atoms with van der Waals surface area (Å²) in [5, 5.41) is 0. The Hall–Kier alpha value is -1.59. The van der Waals surface area contributed by atoms with E-state index in [0.717, 1.165) is 69.6 Å². The number of unbranched alkanes of at least 4 members (excludes halogenated alkanes) is 25. The van der Waals surface area contributed by atoms with E-state index in [9.17, 15) is 14.4 Å². The van der Waals surface area contributed by atoms with Crippen molar-refractivity contribution in [1.29, 1.82) is 0 Å². The van der Waals surface area contributed by atoms with Crippen molar-refractivity contribution in [2.75, 3.05) is 13.2 Å². The zero-order chi connectivity index (χ0) is 38.3. The van der Waals surface area contributed by atoms with Crippen molar-refractivity contribution in [2.24, 2.45) is 11.8 Å². The monoisotopic (exact) mass is 737 g/mol. The second-order valence-corrected chi connectivity index (χ2v) is 16.6. The second kappa shape index (κ2) is 39.1. The maximum atomic E-state index is 12.7. The highest BCUT2D eigenvalue weighted by atomic mass is 16.6. The molecular weight excluding hydrogens is 648 g/mol. The molecule has 0 unspecified atom stereocenters. The van der Waals surface area contributed by atoms with Crippen LogP contribution in [0.5, 0.6) is 0 Å².